The maximum atomic E-state index is 11.8. The van der Waals surface area contributed by atoms with E-state index in [2.05, 4.69) is 5.32 Å². The molecule has 1 heterocycles. The molecule has 7 heteroatoms. The highest BCUT2D eigenvalue weighted by Gasteiger charge is 2.21. The van der Waals surface area contributed by atoms with E-state index >= 15 is 0 Å². The van der Waals surface area contributed by atoms with Gasteiger partial charge in [0.05, 0.1) is 11.9 Å². The van der Waals surface area contributed by atoms with Crippen LogP contribution in [0.15, 0.2) is 0 Å². The van der Waals surface area contributed by atoms with Crippen molar-refractivity contribution in [2.24, 2.45) is 0 Å². The molecule has 1 aliphatic heterocycles. The second kappa shape index (κ2) is 8.27. The molecule has 0 bridgehead atoms. The van der Waals surface area contributed by atoms with Crippen LogP contribution in [0.1, 0.15) is 32.6 Å². The van der Waals surface area contributed by atoms with Gasteiger partial charge in [-0.2, -0.15) is 0 Å². The van der Waals surface area contributed by atoms with E-state index in [0.717, 1.165) is 32.3 Å². The molecule has 0 aromatic heterocycles. The molecule has 2 unspecified atom stereocenters. The Labute approximate surface area is 115 Å². The molecule has 2 N–H and O–H groups in total. The average Bonchev–Trinajstić information content (AvgIpc) is 2.80. The van der Waals surface area contributed by atoms with Gasteiger partial charge in [-0.05, 0) is 25.7 Å². The first kappa shape index (κ1) is 16.1. The maximum absolute atomic E-state index is 11.8. The smallest absolute Gasteiger partial charge is 0.327 e. The second-order valence-electron chi connectivity index (χ2n) is 4.68. The zero-order valence-electron chi connectivity index (χ0n) is 11.1. The van der Waals surface area contributed by atoms with Gasteiger partial charge < -0.3 is 15.2 Å². The van der Waals surface area contributed by atoms with Crippen LogP contribution in [0.5, 0.6) is 0 Å². The van der Waals surface area contributed by atoms with Gasteiger partial charge in [-0.25, -0.2) is 4.79 Å². The van der Waals surface area contributed by atoms with Crippen molar-refractivity contribution >= 4 is 22.7 Å². The number of carbonyl (C=O) groups excluding carboxylic acids is 1. The Bertz CT molecular complexity index is 341. The highest BCUT2D eigenvalue weighted by atomic mass is 32.2. The standard InChI is InChI=1S/C12H21NO5S/c1-9(14)13-11(12(15)16)8-19(17)7-3-5-10-4-2-6-18-10/h10-11H,2-8H2,1H3,(H,13,14)(H,15,16)/t10?,11-,19?/m0/s1. The van der Waals surface area contributed by atoms with E-state index < -0.39 is 28.7 Å². The SMILES string of the molecule is CC(=O)N[C@@H](CS(=O)CCCC1CCCO1)C(=O)O. The quantitative estimate of drug-likeness (QED) is 0.670. The van der Waals surface area contributed by atoms with Gasteiger partial charge >= 0.3 is 5.97 Å². The second-order valence-corrected chi connectivity index (χ2v) is 6.30. The molecular formula is C12H21NO5S. The molecule has 3 atom stereocenters. The molecule has 1 rings (SSSR count). The molecule has 0 radical (unpaired) electrons. The molecule has 110 valence electrons. The summed E-state index contributed by atoms with van der Waals surface area (Å²) in [6, 6.07) is -1.07. The lowest BCUT2D eigenvalue weighted by Crippen LogP contribution is -2.43. The van der Waals surface area contributed by atoms with Crippen LogP contribution in [0.3, 0.4) is 0 Å². The molecule has 1 fully saturated rings. The number of nitrogens with one attached hydrogen (secondary N) is 1. The Morgan fingerprint density at radius 2 is 2.26 bits per heavy atom. The van der Waals surface area contributed by atoms with Crippen LogP contribution in [0.25, 0.3) is 0 Å². The van der Waals surface area contributed by atoms with Gasteiger partial charge in [-0.15, -0.1) is 0 Å². The zero-order chi connectivity index (χ0) is 14.3. The predicted molar refractivity (Wildman–Crippen MR) is 71.3 cm³/mol. The van der Waals surface area contributed by atoms with E-state index in [-0.39, 0.29) is 11.9 Å². The molecule has 6 nitrogen and oxygen atoms in total. The summed E-state index contributed by atoms with van der Waals surface area (Å²) in [5.41, 5.74) is 0. The van der Waals surface area contributed by atoms with Gasteiger partial charge in [0, 0.05) is 30.1 Å². The van der Waals surface area contributed by atoms with E-state index in [1.807, 2.05) is 0 Å². The number of carbonyl (C=O) groups is 2. The third-order valence-corrected chi connectivity index (χ3v) is 4.40. The Morgan fingerprint density at radius 1 is 1.53 bits per heavy atom. The first-order valence-corrected chi connectivity index (χ1v) is 7.94. The first-order valence-electron chi connectivity index (χ1n) is 6.45. The van der Waals surface area contributed by atoms with Crippen LogP contribution in [0, 0.1) is 0 Å². The minimum absolute atomic E-state index is 0.0412. The number of hydrogen-bond acceptors (Lipinski definition) is 4. The third kappa shape index (κ3) is 6.68. The van der Waals surface area contributed by atoms with Gasteiger partial charge in [0.2, 0.25) is 5.91 Å². The van der Waals surface area contributed by atoms with Crippen LogP contribution < -0.4 is 5.32 Å². The highest BCUT2D eigenvalue weighted by molar-refractivity contribution is 7.85. The number of amides is 1. The molecule has 0 saturated carbocycles. The summed E-state index contributed by atoms with van der Waals surface area (Å²) in [6.45, 7) is 2.05. The summed E-state index contributed by atoms with van der Waals surface area (Å²) in [5, 5.41) is 11.2. The van der Waals surface area contributed by atoms with Crippen molar-refractivity contribution in [3.8, 4) is 0 Å². The Balaban J connectivity index is 2.23. The van der Waals surface area contributed by atoms with Crippen molar-refractivity contribution in [3.63, 3.8) is 0 Å². The highest BCUT2D eigenvalue weighted by Crippen LogP contribution is 2.16. The van der Waals surface area contributed by atoms with Crippen LogP contribution >= 0.6 is 0 Å². The summed E-state index contributed by atoms with van der Waals surface area (Å²) in [7, 11) is -1.24. The van der Waals surface area contributed by atoms with Crippen molar-refractivity contribution in [2.75, 3.05) is 18.1 Å². The van der Waals surface area contributed by atoms with E-state index in [4.69, 9.17) is 9.84 Å². The Kier molecular flexibility index (Phi) is 7.01. The van der Waals surface area contributed by atoms with E-state index in [1.54, 1.807) is 0 Å². The van der Waals surface area contributed by atoms with Gasteiger partial charge in [0.15, 0.2) is 0 Å². The van der Waals surface area contributed by atoms with Gasteiger partial charge in [-0.3, -0.25) is 9.00 Å². The van der Waals surface area contributed by atoms with Crippen LogP contribution in [0.4, 0.5) is 0 Å². The summed E-state index contributed by atoms with van der Waals surface area (Å²) in [6.07, 6.45) is 4.02. The van der Waals surface area contributed by atoms with Crippen molar-refractivity contribution in [2.45, 2.75) is 44.8 Å². The number of carboxylic acids is 1. The Hall–Kier alpha value is -0.950. The van der Waals surface area contributed by atoms with Crippen molar-refractivity contribution in [3.05, 3.63) is 0 Å². The largest absolute Gasteiger partial charge is 0.480 e. The maximum Gasteiger partial charge on any atom is 0.327 e. The summed E-state index contributed by atoms with van der Waals surface area (Å²) in [4.78, 5) is 21.7. The minimum atomic E-state index is -1.24. The fraction of sp³-hybridized carbons (Fsp3) is 0.833. The molecule has 0 aromatic rings. The zero-order valence-corrected chi connectivity index (χ0v) is 11.9. The van der Waals surface area contributed by atoms with Crippen molar-refractivity contribution < 1.29 is 23.6 Å². The van der Waals surface area contributed by atoms with Gasteiger partial charge in [0.25, 0.3) is 0 Å². The van der Waals surface area contributed by atoms with Gasteiger partial charge in [0.1, 0.15) is 6.04 Å². The lowest BCUT2D eigenvalue weighted by atomic mass is 10.1. The van der Waals surface area contributed by atoms with E-state index in [1.165, 1.54) is 6.92 Å². The molecule has 1 amide bonds. The number of aliphatic carboxylic acids is 1. The van der Waals surface area contributed by atoms with Crippen molar-refractivity contribution in [1.82, 2.24) is 5.32 Å². The molecule has 1 saturated heterocycles. The predicted octanol–water partition coefficient (Wildman–Crippen LogP) is 0.284. The monoisotopic (exact) mass is 291 g/mol. The van der Waals surface area contributed by atoms with E-state index in [9.17, 15) is 13.8 Å². The van der Waals surface area contributed by atoms with Crippen molar-refractivity contribution in [1.29, 1.82) is 0 Å². The van der Waals surface area contributed by atoms with Gasteiger partial charge in [-0.1, -0.05) is 0 Å². The third-order valence-electron chi connectivity index (χ3n) is 2.95. The first-order chi connectivity index (χ1) is 8.99. The summed E-state index contributed by atoms with van der Waals surface area (Å²) < 4.78 is 17.2. The topological polar surface area (TPSA) is 92.7 Å². The average molecular weight is 291 g/mol. The minimum Gasteiger partial charge on any atom is -0.480 e. The molecule has 0 aliphatic carbocycles. The van der Waals surface area contributed by atoms with Crippen LogP contribution in [-0.4, -0.2) is 51.5 Å². The molecule has 0 aromatic carbocycles. The number of hydrogen-bond donors (Lipinski definition) is 2. The normalized spacial score (nSPS) is 21.8. The van der Waals surface area contributed by atoms with Crippen LogP contribution in [0.2, 0.25) is 0 Å². The fourth-order valence-corrected chi connectivity index (χ4v) is 3.29. The fourth-order valence-electron chi connectivity index (χ4n) is 2.03. The van der Waals surface area contributed by atoms with Crippen LogP contribution in [-0.2, 0) is 25.1 Å². The Morgan fingerprint density at radius 3 is 2.79 bits per heavy atom. The van der Waals surface area contributed by atoms with E-state index in [0.29, 0.717) is 5.75 Å². The lowest BCUT2D eigenvalue weighted by molar-refractivity contribution is -0.140. The molecule has 1 aliphatic rings. The summed E-state index contributed by atoms with van der Waals surface area (Å²) >= 11 is 0. The number of rotatable bonds is 8. The number of ether oxygens (including phenoxy) is 1. The molecule has 0 spiro atoms. The number of carboxylic acid groups (broad SMARTS) is 1. The summed E-state index contributed by atoms with van der Waals surface area (Å²) in [5.74, 6) is -1.17. The lowest BCUT2D eigenvalue weighted by Gasteiger charge is -2.13. The molecular weight excluding hydrogens is 270 g/mol. The molecule has 19 heavy (non-hydrogen) atoms.